The number of carbonyl (C=O) groups is 2. The molecule has 0 spiro atoms. The van der Waals surface area contributed by atoms with E-state index in [-0.39, 0.29) is 12.4 Å². The first-order valence-corrected chi connectivity index (χ1v) is 4.82. The summed E-state index contributed by atoms with van der Waals surface area (Å²) >= 11 is 0. The Morgan fingerprint density at radius 1 is 1.38 bits per heavy atom. The zero-order chi connectivity index (χ0) is 12.1. The fourth-order valence-electron chi connectivity index (χ4n) is 1.50. The number of carbonyl (C=O) groups excluding carboxylic acids is 2. The molecule has 1 aromatic rings. The summed E-state index contributed by atoms with van der Waals surface area (Å²) in [5.41, 5.74) is 2.12. The maximum Gasteiger partial charge on any atom is 0.310 e. The minimum absolute atomic E-state index is 0.143. The molecule has 0 saturated carbocycles. The molecule has 0 aliphatic rings. The molecular formula is C12H14O4. The largest absolute Gasteiger partial charge is 0.496 e. The Labute approximate surface area is 94.2 Å². The number of ether oxygens (including phenoxy) is 2. The summed E-state index contributed by atoms with van der Waals surface area (Å²) in [4.78, 5) is 21.9. The van der Waals surface area contributed by atoms with Crippen LogP contribution in [-0.4, -0.2) is 26.5 Å². The van der Waals surface area contributed by atoms with Crippen molar-refractivity contribution in [3.63, 3.8) is 0 Å². The Kier molecular flexibility index (Phi) is 4.05. The Hall–Kier alpha value is -1.84. The third-order valence-electron chi connectivity index (χ3n) is 2.36. The van der Waals surface area contributed by atoms with Gasteiger partial charge in [-0.05, 0) is 24.6 Å². The van der Waals surface area contributed by atoms with Gasteiger partial charge in [-0.15, -0.1) is 0 Å². The molecule has 0 bridgehead atoms. The van der Waals surface area contributed by atoms with Crippen molar-refractivity contribution in [3.05, 3.63) is 28.8 Å². The van der Waals surface area contributed by atoms with Gasteiger partial charge in [0.25, 0.3) is 0 Å². The van der Waals surface area contributed by atoms with Crippen molar-refractivity contribution in [1.29, 1.82) is 0 Å². The number of benzene rings is 1. The number of hydrogen-bond acceptors (Lipinski definition) is 4. The van der Waals surface area contributed by atoms with Gasteiger partial charge in [0.2, 0.25) is 0 Å². The molecule has 0 atom stereocenters. The van der Waals surface area contributed by atoms with Crippen molar-refractivity contribution in [2.24, 2.45) is 0 Å². The summed E-state index contributed by atoms with van der Waals surface area (Å²) in [5.74, 6) is 0.202. The fourth-order valence-corrected chi connectivity index (χ4v) is 1.50. The molecule has 16 heavy (non-hydrogen) atoms. The SMILES string of the molecule is COC(=O)Cc1c(C)cc(C=O)cc1OC. The van der Waals surface area contributed by atoms with Gasteiger partial charge in [-0.3, -0.25) is 9.59 Å². The lowest BCUT2D eigenvalue weighted by atomic mass is 10.0. The Bertz CT molecular complexity index is 410. The molecule has 0 aliphatic carbocycles. The molecule has 1 aromatic carbocycles. The first kappa shape index (κ1) is 12.2. The highest BCUT2D eigenvalue weighted by Gasteiger charge is 2.13. The van der Waals surface area contributed by atoms with E-state index in [0.29, 0.717) is 11.3 Å². The zero-order valence-corrected chi connectivity index (χ0v) is 9.57. The van der Waals surface area contributed by atoms with E-state index < -0.39 is 0 Å². The lowest BCUT2D eigenvalue weighted by molar-refractivity contribution is -0.139. The van der Waals surface area contributed by atoms with Crippen LogP contribution in [0.3, 0.4) is 0 Å². The molecule has 0 radical (unpaired) electrons. The summed E-state index contributed by atoms with van der Waals surface area (Å²) in [6.07, 6.45) is 0.891. The predicted molar refractivity (Wildman–Crippen MR) is 58.8 cm³/mol. The summed E-state index contributed by atoms with van der Waals surface area (Å²) < 4.78 is 9.75. The minimum atomic E-state index is -0.333. The lowest BCUT2D eigenvalue weighted by Gasteiger charge is -2.11. The molecule has 0 amide bonds. The first-order valence-electron chi connectivity index (χ1n) is 4.82. The predicted octanol–water partition coefficient (Wildman–Crippen LogP) is 1.53. The van der Waals surface area contributed by atoms with E-state index in [1.165, 1.54) is 14.2 Å². The molecule has 0 aromatic heterocycles. The molecule has 4 heteroatoms. The van der Waals surface area contributed by atoms with Crippen molar-refractivity contribution in [3.8, 4) is 5.75 Å². The van der Waals surface area contributed by atoms with E-state index in [9.17, 15) is 9.59 Å². The highest BCUT2D eigenvalue weighted by molar-refractivity contribution is 5.79. The maximum absolute atomic E-state index is 11.2. The summed E-state index contributed by atoms with van der Waals surface area (Å²) in [5, 5.41) is 0. The topological polar surface area (TPSA) is 52.6 Å². The van der Waals surface area contributed by atoms with Crippen LogP contribution in [0.15, 0.2) is 12.1 Å². The molecule has 0 unspecified atom stereocenters. The second-order valence-electron chi connectivity index (χ2n) is 3.39. The van der Waals surface area contributed by atoms with Crippen molar-refractivity contribution in [1.82, 2.24) is 0 Å². The standard InChI is InChI=1S/C12H14O4/c1-8-4-9(7-13)5-11(15-2)10(8)6-12(14)16-3/h4-5,7H,6H2,1-3H3. The van der Waals surface area contributed by atoms with E-state index in [4.69, 9.17) is 4.74 Å². The molecule has 1 rings (SSSR count). The summed E-state index contributed by atoms with van der Waals surface area (Å²) in [6, 6.07) is 3.33. The molecule has 0 fully saturated rings. The second kappa shape index (κ2) is 5.30. The highest BCUT2D eigenvalue weighted by atomic mass is 16.5. The summed E-state index contributed by atoms with van der Waals surface area (Å²) in [7, 11) is 2.84. The Morgan fingerprint density at radius 3 is 2.56 bits per heavy atom. The van der Waals surface area contributed by atoms with Gasteiger partial charge in [0.05, 0.1) is 20.6 Å². The molecular weight excluding hydrogens is 208 g/mol. The zero-order valence-electron chi connectivity index (χ0n) is 9.57. The van der Waals surface area contributed by atoms with Gasteiger partial charge in [-0.1, -0.05) is 0 Å². The maximum atomic E-state index is 11.2. The van der Waals surface area contributed by atoms with Crippen LogP contribution < -0.4 is 4.74 Å². The normalized spacial score (nSPS) is 9.69. The van der Waals surface area contributed by atoms with E-state index in [1.54, 1.807) is 12.1 Å². The fraction of sp³-hybridized carbons (Fsp3) is 0.333. The number of hydrogen-bond donors (Lipinski definition) is 0. The van der Waals surface area contributed by atoms with Crippen LogP contribution in [0.1, 0.15) is 21.5 Å². The number of rotatable bonds is 4. The highest BCUT2D eigenvalue weighted by Crippen LogP contribution is 2.24. The van der Waals surface area contributed by atoms with Crippen LogP contribution in [0.2, 0.25) is 0 Å². The van der Waals surface area contributed by atoms with E-state index >= 15 is 0 Å². The van der Waals surface area contributed by atoms with E-state index in [1.807, 2.05) is 6.92 Å². The molecule has 86 valence electrons. The second-order valence-corrected chi connectivity index (χ2v) is 3.39. The quantitative estimate of drug-likeness (QED) is 0.572. The van der Waals surface area contributed by atoms with Crippen LogP contribution in [0.4, 0.5) is 0 Å². The molecule has 4 nitrogen and oxygen atoms in total. The Balaban J connectivity index is 3.16. The molecule has 0 heterocycles. The number of methoxy groups -OCH3 is 2. The van der Waals surface area contributed by atoms with Crippen molar-refractivity contribution >= 4 is 12.3 Å². The van der Waals surface area contributed by atoms with E-state index in [2.05, 4.69) is 4.74 Å². The number of aldehydes is 1. The van der Waals surface area contributed by atoms with Gasteiger partial charge in [0, 0.05) is 11.1 Å². The third-order valence-corrected chi connectivity index (χ3v) is 2.36. The van der Waals surface area contributed by atoms with Crippen LogP contribution in [0, 0.1) is 6.92 Å². The smallest absolute Gasteiger partial charge is 0.310 e. The van der Waals surface area contributed by atoms with Crippen molar-refractivity contribution in [2.75, 3.05) is 14.2 Å². The van der Waals surface area contributed by atoms with Gasteiger partial charge in [-0.25, -0.2) is 0 Å². The average Bonchev–Trinajstić information content (AvgIpc) is 2.30. The van der Waals surface area contributed by atoms with Crippen LogP contribution in [-0.2, 0) is 16.0 Å². The van der Waals surface area contributed by atoms with Crippen molar-refractivity contribution < 1.29 is 19.1 Å². The monoisotopic (exact) mass is 222 g/mol. The third kappa shape index (κ3) is 2.59. The average molecular weight is 222 g/mol. The number of aryl methyl sites for hydroxylation is 1. The van der Waals surface area contributed by atoms with Gasteiger partial charge in [-0.2, -0.15) is 0 Å². The van der Waals surface area contributed by atoms with Crippen LogP contribution >= 0.6 is 0 Å². The Morgan fingerprint density at radius 2 is 2.06 bits per heavy atom. The van der Waals surface area contributed by atoms with Gasteiger partial charge in [0.1, 0.15) is 12.0 Å². The molecule has 0 saturated heterocycles. The summed E-state index contributed by atoms with van der Waals surface area (Å²) in [6.45, 7) is 1.83. The molecule has 0 N–H and O–H groups in total. The van der Waals surface area contributed by atoms with Crippen LogP contribution in [0.25, 0.3) is 0 Å². The van der Waals surface area contributed by atoms with Gasteiger partial charge < -0.3 is 9.47 Å². The van der Waals surface area contributed by atoms with Crippen LogP contribution in [0.5, 0.6) is 5.75 Å². The van der Waals surface area contributed by atoms with Gasteiger partial charge in [0.15, 0.2) is 0 Å². The number of esters is 1. The van der Waals surface area contributed by atoms with Gasteiger partial charge >= 0.3 is 5.97 Å². The molecule has 0 aliphatic heterocycles. The minimum Gasteiger partial charge on any atom is -0.496 e. The first-order chi connectivity index (χ1) is 7.62. The van der Waals surface area contributed by atoms with Crippen molar-refractivity contribution in [2.45, 2.75) is 13.3 Å². The lowest BCUT2D eigenvalue weighted by Crippen LogP contribution is -2.08. The van der Waals surface area contributed by atoms with E-state index in [0.717, 1.165) is 17.4 Å².